The average molecular weight is 1370 g/mol. The van der Waals surface area contributed by atoms with E-state index >= 15 is 0 Å². The Morgan fingerprint density at radius 1 is 0.316 bits per heavy atom. The first-order valence-corrected chi connectivity index (χ1v) is 39.3. The Kier molecular flexibility index (Phi) is 70.3. The summed E-state index contributed by atoms with van der Waals surface area (Å²) in [6.45, 7) is 4.13. The molecule has 0 radical (unpaired) electrons. The van der Waals surface area contributed by atoms with Crippen LogP contribution in [-0.2, 0) is 32.7 Å². The normalized spacial score (nSPS) is 14.5. The lowest BCUT2D eigenvalue weighted by Gasteiger charge is -2.24. The fourth-order valence-corrected chi connectivity index (χ4v) is 9.93. The van der Waals surface area contributed by atoms with Crippen LogP contribution in [0.2, 0.25) is 0 Å². The zero-order chi connectivity index (χ0) is 71.1. The third-order valence-electron chi connectivity index (χ3n) is 14.9. The molecule has 0 aromatic rings. The van der Waals surface area contributed by atoms with Crippen LogP contribution in [0.1, 0.15) is 245 Å². The van der Waals surface area contributed by atoms with Crippen LogP contribution in [0.4, 0.5) is 0 Å². The summed E-state index contributed by atoms with van der Waals surface area (Å²) in [6.07, 6.45) is 123. The summed E-state index contributed by atoms with van der Waals surface area (Å²) in [6, 6.07) is 0. The lowest BCUT2D eigenvalue weighted by atomic mass is 10.1. The number of carbonyl (C=O) groups excluding carboxylic acids is 2. The predicted molar refractivity (Wildman–Crippen MR) is 426 cm³/mol. The molecule has 0 rings (SSSR count). The number of phosphoric acid groups is 1. The van der Waals surface area contributed by atoms with Gasteiger partial charge >= 0.3 is 19.8 Å². The Bertz CT molecular complexity index is 2560. The second-order valence-corrected chi connectivity index (χ2v) is 26.7. The summed E-state index contributed by atoms with van der Waals surface area (Å²) in [5.74, 6) is -0.855. The van der Waals surface area contributed by atoms with Gasteiger partial charge in [-0.15, -0.1) is 0 Å². The van der Waals surface area contributed by atoms with Gasteiger partial charge in [0.05, 0.1) is 27.7 Å². The second kappa shape index (κ2) is 75.0. The molecule has 0 aliphatic carbocycles. The monoisotopic (exact) mass is 1370 g/mol. The highest BCUT2D eigenvalue weighted by Gasteiger charge is 2.27. The molecule has 0 saturated heterocycles. The van der Waals surface area contributed by atoms with Crippen LogP contribution >= 0.6 is 7.82 Å². The van der Waals surface area contributed by atoms with Crippen molar-refractivity contribution in [2.75, 3.05) is 47.5 Å². The van der Waals surface area contributed by atoms with Crippen molar-refractivity contribution < 1.29 is 42.1 Å². The van der Waals surface area contributed by atoms with Crippen molar-refractivity contribution in [3.63, 3.8) is 0 Å². The number of allylic oxidation sites excluding steroid dienone is 40. The summed E-state index contributed by atoms with van der Waals surface area (Å²) < 4.78 is 34.7. The molecule has 0 aliphatic heterocycles. The van der Waals surface area contributed by atoms with Crippen molar-refractivity contribution in [1.29, 1.82) is 0 Å². The third-order valence-corrected chi connectivity index (χ3v) is 15.9. The van der Waals surface area contributed by atoms with Gasteiger partial charge in [0, 0.05) is 12.8 Å². The molecule has 1 N–H and O–H groups in total. The summed E-state index contributed by atoms with van der Waals surface area (Å²) in [5, 5.41) is 0. The molecule has 0 aliphatic rings. The Morgan fingerprint density at radius 3 is 0.816 bits per heavy atom. The van der Waals surface area contributed by atoms with E-state index in [1.807, 2.05) is 21.1 Å². The van der Waals surface area contributed by atoms with Crippen molar-refractivity contribution in [2.45, 2.75) is 251 Å². The van der Waals surface area contributed by atoms with Crippen molar-refractivity contribution in [3.05, 3.63) is 243 Å². The topological polar surface area (TPSA) is 108 Å². The van der Waals surface area contributed by atoms with Gasteiger partial charge in [0.2, 0.25) is 0 Å². The van der Waals surface area contributed by atoms with Crippen LogP contribution in [0, 0.1) is 0 Å². The van der Waals surface area contributed by atoms with Gasteiger partial charge in [-0.2, -0.15) is 0 Å². The first-order valence-electron chi connectivity index (χ1n) is 37.8. The lowest BCUT2D eigenvalue weighted by Crippen LogP contribution is -2.37. The van der Waals surface area contributed by atoms with E-state index in [9.17, 15) is 19.0 Å². The molecule has 546 valence electrons. The van der Waals surface area contributed by atoms with Gasteiger partial charge in [-0.25, -0.2) is 4.57 Å². The van der Waals surface area contributed by atoms with Gasteiger partial charge < -0.3 is 18.9 Å². The first kappa shape index (κ1) is 91.8. The summed E-state index contributed by atoms with van der Waals surface area (Å²) >= 11 is 0. The minimum atomic E-state index is -4.42. The van der Waals surface area contributed by atoms with E-state index in [-0.39, 0.29) is 26.1 Å². The maximum atomic E-state index is 12.9. The summed E-state index contributed by atoms with van der Waals surface area (Å²) in [7, 11) is 1.42. The number of quaternary nitrogens is 1. The molecular weight excluding hydrogens is 1230 g/mol. The average Bonchev–Trinajstić information content (AvgIpc) is 1.23. The Hall–Kier alpha value is -6.19. The molecule has 2 atom stereocenters. The van der Waals surface area contributed by atoms with E-state index < -0.39 is 32.5 Å². The molecular formula is C88H137NO8P+. The summed E-state index contributed by atoms with van der Waals surface area (Å²) in [5.41, 5.74) is 0. The largest absolute Gasteiger partial charge is 0.472 e. The number of hydrogen-bond donors (Lipinski definition) is 1. The van der Waals surface area contributed by atoms with Gasteiger partial charge in [-0.3, -0.25) is 18.6 Å². The van der Waals surface area contributed by atoms with Crippen molar-refractivity contribution >= 4 is 19.8 Å². The van der Waals surface area contributed by atoms with Crippen LogP contribution in [0.15, 0.2) is 243 Å². The number of ether oxygens (including phenoxy) is 2. The smallest absolute Gasteiger partial charge is 0.462 e. The predicted octanol–water partition coefficient (Wildman–Crippen LogP) is 25.5. The third kappa shape index (κ3) is 78.8. The Labute approximate surface area is 600 Å². The molecule has 0 saturated carbocycles. The number of hydrogen-bond acceptors (Lipinski definition) is 7. The number of likely N-dealkylation sites (N-methyl/N-ethyl adjacent to an activating group) is 1. The van der Waals surface area contributed by atoms with Crippen molar-refractivity contribution in [1.82, 2.24) is 0 Å². The van der Waals surface area contributed by atoms with Gasteiger partial charge in [0.15, 0.2) is 6.10 Å². The highest BCUT2D eigenvalue weighted by molar-refractivity contribution is 7.47. The maximum Gasteiger partial charge on any atom is 0.472 e. The maximum absolute atomic E-state index is 12.9. The molecule has 0 fully saturated rings. The number of rotatable bonds is 66. The molecule has 0 bridgehead atoms. The molecule has 0 spiro atoms. The number of unbranched alkanes of at least 4 members (excludes halogenated alkanes) is 12. The van der Waals surface area contributed by atoms with Crippen LogP contribution in [-0.4, -0.2) is 74.9 Å². The fourth-order valence-electron chi connectivity index (χ4n) is 9.19. The molecule has 0 aromatic carbocycles. The summed E-state index contributed by atoms with van der Waals surface area (Å²) in [4.78, 5) is 35.9. The van der Waals surface area contributed by atoms with Gasteiger partial charge in [0.25, 0.3) is 0 Å². The zero-order valence-electron chi connectivity index (χ0n) is 62.2. The van der Waals surface area contributed by atoms with Crippen molar-refractivity contribution in [2.24, 2.45) is 0 Å². The highest BCUT2D eigenvalue weighted by atomic mass is 31.2. The standard InChI is InChI=1S/C88H136NO8P/c1-6-8-10-12-14-16-18-20-22-24-26-28-30-32-34-36-38-40-42-43-44-45-47-49-51-53-55-57-59-61-63-65-67-69-71-73-75-77-79-81-88(91)97-86(85-96-98(92,93)95-83-82-89(3,4)5)84-94-87(90)80-78-76-74-72-70-68-66-64-62-60-58-56-54-52-50-48-46-41-39-37-35-33-31-29-27-25-23-21-19-17-15-13-11-9-7-2/h8-11,14-17,20-23,26-29,32-35,38-41,43-44,47-50,53-56,59-62,66,68,86H,6-7,12-13,18-19,24-25,30-31,36-37,42,45-46,51-52,57-58,63-65,67,69-85H2,1-5H3/p+1/b10-8-,11-9-,16-14-,17-15-,22-20-,23-21-,28-26-,29-27-,34-32-,35-33-,40-38-,41-39-,44-43-,49-47-,50-48-,55-53-,56-54-,61-59-,62-60-,68-66-. The van der Waals surface area contributed by atoms with E-state index in [0.717, 1.165) is 180 Å². The number of phosphoric ester groups is 1. The second-order valence-electron chi connectivity index (χ2n) is 25.2. The van der Waals surface area contributed by atoms with Crippen LogP contribution in [0.3, 0.4) is 0 Å². The molecule has 0 heterocycles. The van der Waals surface area contributed by atoms with E-state index in [0.29, 0.717) is 23.9 Å². The number of nitrogens with zero attached hydrogens (tertiary/aromatic N) is 1. The quantitative estimate of drug-likeness (QED) is 0.0211. The SMILES string of the molecule is CC/C=C\C/C=C\C/C=C\C/C=C\C/C=C\C/C=C\C/C=C\C/C=C\C/C=C\C/C=C\CCCCCCCCCCC(=O)OC(COC(=O)CCCCCC/C=C\C/C=C\C/C=C\C/C=C\C/C=C\C/C=C\C/C=C\C/C=C\C/C=C\C/C=C\CC)COP(=O)(O)OCC[N+](C)(C)C. The van der Waals surface area contributed by atoms with Gasteiger partial charge in [-0.05, 0) is 167 Å². The van der Waals surface area contributed by atoms with Gasteiger partial charge in [0.1, 0.15) is 19.8 Å². The number of esters is 2. The molecule has 0 amide bonds. The lowest BCUT2D eigenvalue weighted by molar-refractivity contribution is -0.870. The van der Waals surface area contributed by atoms with E-state index in [1.165, 1.54) is 25.7 Å². The minimum absolute atomic E-state index is 0.0117. The Balaban J connectivity index is 4.21. The van der Waals surface area contributed by atoms with Gasteiger partial charge in [-0.1, -0.05) is 308 Å². The zero-order valence-corrected chi connectivity index (χ0v) is 63.0. The number of carbonyl (C=O) groups is 2. The minimum Gasteiger partial charge on any atom is -0.462 e. The molecule has 98 heavy (non-hydrogen) atoms. The van der Waals surface area contributed by atoms with Crippen LogP contribution in [0.5, 0.6) is 0 Å². The fraction of sp³-hybridized carbons (Fsp3) is 0.523. The van der Waals surface area contributed by atoms with Crippen LogP contribution in [0.25, 0.3) is 0 Å². The first-order chi connectivity index (χ1) is 48.0. The molecule has 10 heteroatoms. The highest BCUT2D eigenvalue weighted by Crippen LogP contribution is 2.43. The molecule has 0 aromatic heterocycles. The molecule has 2 unspecified atom stereocenters. The van der Waals surface area contributed by atoms with Crippen molar-refractivity contribution in [3.8, 4) is 0 Å². The molecule has 9 nitrogen and oxygen atoms in total. The Morgan fingerprint density at radius 2 is 0.551 bits per heavy atom. The van der Waals surface area contributed by atoms with E-state index in [1.54, 1.807) is 0 Å². The van der Waals surface area contributed by atoms with E-state index in [2.05, 4.69) is 257 Å². The van der Waals surface area contributed by atoms with E-state index in [4.69, 9.17) is 18.5 Å². The van der Waals surface area contributed by atoms with Crippen LogP contribution < -0.4 is 0 Å².